The van der Waals surface area contributed by atoms with Gasteiger partial charge in [-0.3, -0.25) is 13.9 Å². The highest BCUT2D eigenvalue weighted by molar-refractivity contribution is 9.10. The fourth-order valence-corrected chi connectivity index (χ4v) is 4.16. The fraction of sp³-hybridized carbons (Fsp3) is 0.182. The molecule has 2 aromatic carbocycles. The van der Waals surface area contributed by atoms with Crippen LogP contribution in [0, 0.1) is 6.92 Å². The Labute approximate surface area is 175 Å². The van der Waals surface area contributed by atoms with Gasteiger partial charge < -0.3 is 0 Å². The van der Waals surface area contributed by atoms with Gasteiger partial charge in [0, 0.05) is 11.0 Å². The number of rotatable bonds is 3. The molecule has 5 rings (SSSR count). The van der Waals surface area contributed by atoms with Crippen molar-refractivity contribution in [1.82, 2.24) is 24.1 Å². The Morgan fingerprint density at radius 3 is 2.45 bits per heavy atom. The van der Waals surface area contributed by atoms with E-state index >= 15 is 0 Å². The zero-order valence-electron chi connectivity index (χ0n) is 16.1. The monoisotopic (exact) mass is 447 g/mol. The molecule has 0 aliphatic heterocycles. The van der Waals surface area contributed by atoms with Gasteiger partial charge in [0.2, 0.25) is 0 Å². The minimum absolute atomic E-state index is 0.0716. The van der Waals surface area contributed by atoms with Crippen LogP contribution in [0.5, 0.6) is 0 Å². The first kappa shape index (κ1) is 18.0. The van der Waals surface area contributed by atoms with E-state index in [4.69, 9.17) is 15.0 Å². The first-order valence-corrected chi connectivity index (χ1v) is 10.3. The fourth-order valence-electron chi connectivity index (χ4n) is 3.78. The molecule has 0 radical (unpaired) electrons. The molecular weight excluding hydrogens is 430 g/mol. The average Bonchev–Trinajstić information content (AvgIpc) is 3.02. The minimum atomic E-state index is -0.0716. The average molecular weight is 448 g/mol. The maximum absolute atomic E-state index is 13.4. The largest absolute Gasteiger partial charge is 0.296 e. The summed E-state index contributed by atoms with van der Waals surface area (Å²) in [5.41, 5.74) is 4.15. The second kappa shape index (κ2) is 6.77. The highest BCUT2D eigenvalue weighted by atomic mass is 79.9. The number of aromatic nitrogens is 5. The summed E-state index contributed by atoms with van der Waals surface area (Å²) in [6, 6.07) is 15.6. The molecular formula is C22H18BrN5O. The highest BCUT2D eigenvalue weighted by Crippen LogP contribution is 2.29. The lowest BCUT2D eigenvalue weighted by molar-refractivity contribution is 0.624. The van der Waals surface area contributed by atoms with Gasteiger partial charge in [-0.2, -0.15) is 0 Å². The number of hydrogen-bond donors (Lipinski definition) is 0. The third-order valence-electron chi connectivity index (χ3n) is 5.07. The van der Waals surface area contributed by atoms with E-state index in [0.717, 1.165) is 27.6 Å². The molecule has 0 N–H and O–H groups in total. The van der Waals surface area contributed by atoms with E-state index < -0.39 is 0 Å². The van der Waals surface area contributed by atoms with Gasteiger partial charge in [-0.15, -0.1) is 0 Å². The standard InChI is InChI=1S/C22H18BrN5O/c1-3-11-27-13(2)24-20-18(22(27)29)19-21(26-17-10-5-4-9-16(17)25-19)28(20)15-8-6-7-14(23)12-15/h4-10,12H,3,11H2,1-2H3. The van der Waals surface area contributed by atoms with Gasteiger partial charge in [-0.05, 0) is 43.7 Å². The van der Waals surface area contributed by atoms with Crippen LogP contribution in [0.4, 0.5) is 0 Å². The van der Waals surface area contributed by atoms with Crippen LogP contribution in [0.1, 0.15) is 19.2 Å². The number of halogens is 1. The molecule has 0 unspecified atom stereocenters. The summed E-state index contributed by atoms with van der Waals surface area (Å²) < 4.78 is 4.60. The summed E-state index contributed by atoms with van der Waals surface area (Å²) in [5, 5.41) is 0.511. The van der Waals surface area contributed by atoms with Crippen LogP contribution in [0.3, 0.4) is 0 Å². The third kappa shape index (κ3) is 2.76. The third-order valence-corrected chi connectivity index (χ3v) is 5.56. The van der Waals surface area contributed by atoms with E-state index in [9.17, 15) is 4.79 Å². The van der Waals surface area contributed by atoms with Gasteiger partial charge in [0.25, 0.3) is 5.56 Å². The maximum Gasteiger partial charge on any atom is 0.265 e. The lowest BCUT2D eigenvalue weighted by atomic mass is 10.3. The van der Waals surface area contributed by atoms with Crippen molar-refractivity contribution < 1.29 is 0 Å². The van der Waals surface area contributed by atoms with E-state index in [2.05, 4.69) is 15.9 Å². The Morgan fingerprint density at radius 2 is 1.72 bits per heavy atom. The predicted molar refractivity (Wildman–Crippen MR) is 119 cm³/mol. The second-order valence-corrected chi connectivity index (χ2v) is 7.93. The zero-order valence-corrected chi connectivity index (χ0v) is 17.6. The van der Waals surface area contributed by atoms with E-state index in [1.165, 1.54) is 0 Å². The number of aryl methyl sites for hydroxylation is 1. The molecule has 0 saturated carbocycles. The quantitative estimate of drug-likeness (QED) is 0.399. The molecule has 6 nitrogen and oxygen atoms in total. The molecule has 0 atom stereocenters. The van der Waals surface area contributed by atoms with Crippen LogP contribution in [-0.4, -0.2) is 24.1 Å². The molecule has 0 aliphatic rings. The van der Waals surface area contributed by atoms with Crippen LogP contribution in [0.2, 0.25) is 0 Å². The van der Waals surface area contributed by atoms with Gasteiger partial charge in [-0.25, -0.2) is 15.0 Å². The van der Waals surface area contributed by atoms with Crippen LogP contribution in [0.15, 0.2) is 57.8 Å². The first-order chi connectivity index (χ1) is 14.1. The molecule has 0 aliphatic carbocycles. The van der Waals surface area contributed by atoms with Crippen LogP contribution >= 0.6 is 15.9 Å². The summed E-state index contributed by atoms with van der Waals surface area (Å²) in [6.45, 7) is 4.54. The summed E-state index contributed by atoms with van der Waals surface area (Å²) in [7, 11) is 0. The Balaban J connectivity index is 2.03. The molecule has 0 bridgehead atoms. The summed E-state index contributed by atoms with van der Waals surface area (Å²) >= 11 is 3.54. The number of fused-ring (bicyclic) bond motifs is 4. The van der Waals surface area contributed by atoms with Crippen molar-refractivity contribution in [2.75, 3.05) is 0 Å². The van der Waals surface area contributed by atoms with E-state index in [0.29, 0.717) is 34.6 Å². The highest BCUT2D eigenvalue weighted by Gasteiger charge is 2.22. The number of nitrogens with zero attached hydrogens (tertiary/aromatic N) is 5. The Kier molecular flexibility index (Phi) is 4.20. The molecule has 144 valence electrons. The molecule has 0 amide bonds. The van der Waals surface area contributed by atoms with Gasteiger partial charge in [-0.1, -0.05) is 41.1 Å². The minimum Gasteiger partial charge on any atom is -0.296 e. The molecule has 0 saturated heterocycles. The van der Waals surface area contributed by atoms with Crippen LogP contribution in [0.25, 0.3) is 38.9 Å². The van der Waals surface area contributed by atoms with Gasteiger partial charge in [0.15, 0.2) is 11.3 Å². The Hall–Kier alpha value is -3.06. The zero-order chi connectivity index (χ0) is 20.1. The Morgan fingerprint density at radius 1 is 0.966 bits per heavy atom. The topological polar surface area (TPSA) is 65.6 Å². The van der Waals surface area contributed by atoms with E-state index in [1.54, 1.807) is 4.57 Å². The summed E-state index contributed by atoms with van der Waals surface area (Å²) in [4.78, 5) is 27.9. The molecule has 3 heterocycles. The molecule has 7 heteroatoms. The van der Waals surface area contributed by atoms with Crippen molar-refractivity contribution in [3.05, 3.63) is 69.2 Å². The smallest absolute Gasteiger partial charge is 0.265 e. The van der Waals surface area contributed by atoms with Gasteiger partial charge in [0.05, 0.1) is 16.7 Å². The van der Waals surface area contributed by atoms with Crippen molar-refractivity contribution in [3.8, 4) is 5.69 Å². The Bertz CT molecular complexity index is 1470. The SMILES string of the molecule is CCCn1c(C)nc2c(c1=O)c1nc3ccccc3nc1n2-c1cccc(Br)c1. The summed E-state index contributed by atoms with van der Waals surface area (Å²) in [6.07, 6.45) is 0.854. The van der Waals surface area contributed by atoms with Gasteiger partial charge in [0.1, 0.15) is 16.7 Å². The van der Waals surface area contributed by atoms with Crippen molar-refractivity contribution >= 4 is 49.2 Å². The molecule has 5 aromatic rings. The van der Waals surface area contributed by atoms with Crippen LogP contribution in [-0.2, 0) is 6.54 Å². The lowest BCUT2D eigenvalue weighted by Crippen LogP contribution is -2.24. The molecule has 0 fully saturated rings. The first-order valence-electron chi connectivity index (χ1n) is 9.52. The predicted octanol–water partition coefficient (Wildman–Crippen LogP) is 4.76. The van der Waals surface area contributed by atoms with Crippen molar-refractivity contribution in [1.29, 1.82) is 0 Å². The maximum atomic E-state index is 13.4. The lowest BCUT2D eigenvalue weighted by Gasteiger charge is -2.10. The molecule has 0 spiro atoms. The van der Waals surface area contributed by atoms with Crippen LogP contribution < -0.4 is 5.56 Å². The van der Waals surface area contributed by atoms with Gasteiger partial charge >= 0.3 is 0 Å². The second-order valence-electron chi connectivity index (χ2n) is 7.01. The normalized spacial score (nSPS) is 11.7. The number of hydrogen-bond acceptors (Lipinski definition) is 4. The van der Waals surface area contributed by atoms with E-state index in [1.807, 2.05) is 66.9 Å². The molecule has 29 heavy (non-hydrogen) atoms. The summed E-state index contributed by atoms with van der Waals surface area (Å²) in [5.74, 6) is 0.688. The van der Waals surface area contributed by atoms with E-state index in [-0.39, 0.29) is 5.56 Å². The number of benzene rings is 2. The van der Waals surface area contributed by atoms with Crippen molar-refractivity contribution in [3.63, 3.8) is 0 Å². The molecule has 3 aromatic heterocycles. The van der Waals surface area contributed by atoms with Crippen molar-refractivity contribution in [2.45, 2.75) is 26.8 Å². The van der Waals surface area contributed by atoms with Crippen molar-refractivity contribution in [2.24, 2.45) is 0 Å². The number of para-hydroxylation sites is 2.